The molecule has 1 heterocycles. The first-order valence-electron chi connectivity index (χ1n) is 6.95. The van der Waals surface area contributed by atoms with Crippen LogP contribution in [0.15, 0.2) is 0 Å². The summed E-state index contributed by atoms with van der Waals surface area (Å²) in [5.74, 6) is 0.448. The summed E-state index contributed by atoms with van der Waals surface area (Å²) in [4.78, 5) is 13.9. The normalized spacial score (nSPS) is 26.9. The number of hydrogen-bond donors (Lipinski definition) is 1. The Hall–Kier alpha value is -0.770. The molecule has 4 nitrogen and oxygen atoms in total. The molecule has 104 valence electrons. The van der Waals surface area contributed by atoms with Gasteiger partial charge in [-0.1, -0.05) is 0 Å². The van der Waals surface area contributed by atoms with Crippen molar-refractivity contribution in [2.45, 2.75) is 52.1 Å². The predicted molar refractivity (Wildman–Crippen MR) is 69.3 cm³/mol. The van der Waals surface area contributed by atoms with Crippen molar-refractivity contribution < 1.29 is 14.6 Å². The van der Waals surface area contributed by atoms with Crippen molar-refractivity contribution in [1.29, 1.82) is 0 Å². The Bertz CT molecular complexity index is 317. The molecule has 2 rings (SSSR count). The van der Waals surface area contributed by atoms with E-state index in [0.29, 0.717) is 5.92 Å². The predicted octanol–water partition coefficient (Wildman–Crippen LogP) is 2.41. The standard InChI is InChI=1S/C14H25NO3/c1-13(2,3)18-12(17)15-8-4-5-11(9-15)14(10-16)6-7-14/h11,16H,4-10H2,1-3H3. The average molecular weight is 255 g/mol. The third-order valence-corrected chi connectivity index (χ3v) is 4.15. The molecule has 0 spiro atoms. The topological polar surface area (TPSA) is 49.8 Å². The van der Waals surface area contributed by atoms with Gasteiger partial charge in [-0.2, -0.15) is 0 Å². The molecule has 1 saturated carbocycles. The highest BCUT2D eigenvalue weighted by Crippen LogP contribution is 2.54. The van der Waals surface area contributed by atoms with Crippen molar-refractivity contribution in [2.24, 2.45) is 11.3 Å². The summed E-state index contributed by atoms with van der Waals surface area (Å²) in [6.07, 6.45) is 4.15. The van der Waals surface area contributed by atoms with Crippen LogP contribution in [-0.4, -0.2) is 41.4 Å². The number of aliphatic hydroxyl groups is 1. The summed E-state index contributed by atoms with van der Waals surface area (Å²) in [6, 6.07) is 0. The molecule has 1 N–H and O–H groups in total. The van der Waals surface area contributed by atoms with E-state index in [4.69, 9.17) is 4.74 Å². The maximum atomic E-state index is 12.0. The number of ether oxygens (including phenoxy) is 1. The fraction of sp³-hybridized carbons (Fsp3) is 0.929. The summed E-state index contributed by atoms with van der Waals surface area (Å²) in [7, 11) is 0. The van der Waals surface area contributed by atoms with Gasteiger partial charge in [-0.3, -0.25) is 0 Å². The minimum atomic E-state index is -0.432. The Morgan fingerprint density at radius 3 is 2.61 bits per heavy atom. The molecule has 1 aliphatic carbocycles. The largest absolute Gasteiger partial charge is 0.444 e. The monoisotopic (exact) mass is 255 g/mol. The van der Waals surface area contributed by atoms with Crippen molar-refractivity contribution in [3.05, 3.63) is 0 Å². The summed E-state index contributed by atoms with van der Waals surface area (Å²) < 4.78 is 5.42. The Kier molecular flexibility index (Phi) is 3.58. The lowest BCUT2D eigenvalue weighted by Crippen LogP contribution is -2.45. The van der Waals surface area contributed by atoms with E-state index in [-0.39, 0.29) is 18.1 Å². The number of carbonyl (C=O) groups is 1. The first-order chi connectivity index (χ1) is 8.36. The fourth-order valence-corrected chi connectivity index (χ4v) is 2.83. The van der Waals surface area contributed by atoms with Gasteiger partial charge >= 0.3 is 6.09 Å². The van der Waals surface area contributed by atoms with Gasteiger partial charge in [-0.25, -0.2) is 4.79 Å². The van der Waals surface area contributed by atoms with Crippen LogP contribution < -0.4 is 0 Å². The lowest BCUT2D eigenvalue weighted by molar-refractivity contribution is 0.00791. The molecule has 18 heavy (non-hydrogen) atoms. The molecule has 0 aromatic rings. The van der Waals surface area contributed by atoms with Crippen LogP contribution in [0.5, 0.6) is 0 Å². The minimum absolute atomic E-state index is 0.112. The number of amides is 1. The summed E-state index contributed by atoms with van der Waals surface area (Å²) in [5.41, 5.74) is -0.320. The molecule has 0 aromatic carbocycles. The molecule has 0 bridgehead atoms. The second-order valence-corrected chi connectivity index (χ2v) is 6.79. The summed E-state index contributed by atoms with van der Waals surface area (Å²) in [5, 5.41) is 9.49. The van der Waals surface area contributed by atoms with Crippen molar-refractivity contribution in [3.8, 4) is 0 Å². The molecular weight excluding hydrogens is 230 g/mol. The van der Waals surface area contributed by atoms with Crippen molar-refractivity contribution in [3.63, 3.8) is 0 Å². The maximum absolute atomic E-state index is 12.0. The van der Waals surface area contributed by atoms with E-state index in [0.717, 1.165) is 38.8 Å². The van der Waals surface area contributed by atoms with Crippen LogP contribution >= 0.6 is 0 Å². The van der Waals surface area contributed by atoms with Crippen molar-refractivity contribution in [1.82, 2.24) is 4.90 Å². The molecule has 1 atom stereocenters. The van der Waals surface area contributed by atoms with E-state index in [2.05, 4.69) is 0 Å². The van der Waals surface area contributed by atoms with Crippen LogP contribution in [-0.2, 0) is 4.74 Å². The van der Waals surface area contributed by atoms with Crippen molar-refractivity contribution >= 4 is 6.09 Å². The van der Waals surface area contributed by atoms with Gasteiger partial charge in [0.05, 0.1) is 0 Å². The van der Waals surface area contributed by atoms with E-state index in [1.54, 1.807) is 0 Å². The lowest BCUT2D eigenvalue weighted by atomic mass is 9.83. The first kappa shape index (κ1) is 13.7. The highest BCUT2D eigenvalue weighted by Gasteiger charge is 2.50. The molecular formula is C14H25NO3. The number of piperidine rings is 1. The average Bonchev–Trinajstić information content (AvgIpc) is 3.08. The quantitative estimate of drug-likeness (QED) is 0.824. The lowest BCUT2D eigenvalue weighted by Gasteiger charge is -2.37. The Labute approximate surface area is 109 Å². The van der Waals surface area contributed by atoms with Crippen LogP contribution in [0.3, 0.4) is 0 Å². The zero-order valence-corrected chi connectivity index (χ0v) is 11.7. The van der Waals surface area contributed by atoms with Gasteiger partial charge < -0.3 is 14.7 Å². The fourth-order valence-electron chi connectivity index (χ4n) is 2.83. The maximum Gasteiger partial charge on any atom is 0.410 e. The van der Waals surface area contributed by atoms with E-state index >= 15 is 0 Å². The molecule has 0 aromatic heterocycles. The molecule has 2 fully saturated rings. The zero-order chi connectivity index (χ0) is 13.4. The molecule has 1 aliphatic heterocycles. The highest BCUT2D eigenvalue weighted by atomic mass is 16.6. The van der Waals surface area contributed by atoms with Gasteiger partial charge in [0.2, 0.25) is 0 Å². The Morgan fingerprint density at radius 2 is 2.11 bits per heavy atom. The molecule has 1 saturated heterocycles. The number of likely N-dealkylation sites (tertiary alicyclic amines) is 1. The molecule has 1 amide bonds. The second-order valence-electron chi connectivity index (χ2n) is 6.79. The van der Waals surface area contributed by atoms with Gasteiger partial charge in [-0.15, -0.1) is 0 Å². The third-order valence-electron chi connectivity index (χ3n) is 4.15. The Balaban J connectivity index is 1.93. The molecule has 0 radical (unpaired) electrons. The van der Waals surface area contributed by atoms with Crippen molar-refractivity contribution in [2.75, 3.05) is 19.7 Å². The summed E-state index contributed by atoms with van der Waals surface area (Å²) in [6.45, 7) is 7.47. The van der Waals surface area contributed by atoms with Crippen LogP contribution in [0.25, 0.3) is 0 Å². The van der Waals surface area contributed by atoms with Crippen LogP contribution in [0.1, 0.15) is 46.5 Å². The number of carbonyl (C=O) groups excluding carboxylic acids is 1. The van der Waals surface area contributed by atoms with Crippen LogP contribution in [0.2, 0.25) is 0 Å². The van der Waals surface area contributed by atoms with Gasteiger partial charge in [0.25, 0.3) is 0 Å². The minimum Gasteiger partial charge on any atom is -0.444 e. The van der Waals surface area contributed by atoms with E-state index in [1.807, 2.05) is 25.7 Å². The van der Waals surface area contributed by atoms with E-state index in [1.165, 1.54) is 0 Å². The van der Waals surface area contributed by atoms with E-state index < -0.39 is 5.60 Å². The number of hydrogen-bond acceptors (Lipinski definition) is 3. The molecule has 1 unspecified atom stereocenters. The van der Waals surface area contributed by atoms with Gasteiger partial charge in [0, 0.05) is 19.7 Å². The number of rotatable bonds is 2. The first-order valence-corrected chi connectivity index (χ1v) is 6.95. The zero-order valence-electron chi connectivity index (χ0n) is 11.7. The molecule has 4 heteroatoms. The smallest absolute Gasteiger partial charge is 0.410 e. The Morgan fingerprint density at radius 1 is 1.44 bits per heavy atom. The van der Waals surface area contributed by atoms with E-state index in [9.17, 15) is 9.90 Å². The van der Waals surface area contributed by atoms with Crippen LogP contribution in [0.4, 0.5) is 4.79 Å². The number of nitrogens with zero attached hydrogens (tertiary/aromatic N) is 1. The van der Waals surface area contributed by atoms with Gasteiger partial charge in [0.1, 0.15) is 5.60 Å². The van der Waals surface area contributed by atoms with Crippen LogP contribution in [0, 0.1) is 11.3 Å². The SMILES string of the molecule is CC(C)(C)OC(=O)N1CCCC(C2(CO)CC2)C1. The molecule has 2 aliphatic rings. The third kappa shape index (κ3) is 2.97. The summed E-state index contributed by atoms with van der Waals surface area (Å²) >= 11 is 0. The second kappa shape index (κ2) is 4.72. The van der Waals surface area contributed by atoms with Gasteiger partial charge in [-0.05, 0) is 57.8 Å². The van der Waals surface area contributed by atoms with Gasteiger partial charge in [0.15, 0.2) is 0 Å². The number of aliphatic hydroxyl groups excluding tert-OH is 1. The highest BCUT2D eigenvalue weighted by molar-refractivity contribution is 5.68.